The van der Waals surface area contributed by atoms with Crippen LogP contribution in [0.25, 0.3) is 0 Å². The summed E-state index contributed by atoms with van der Waals surface area (Å²) in [7, 11) is -2.55. The maximum absolute atomic E-state index is 14.2. The Hall–Kier alpha value is -3.85. The van der Waals surface area contributed by atoms with Crippen molar-refractivity contribution in [2.24, 2.45) is 5.92 Å². The molecule has 1 atom stereocenters. The van der Waals surface area contributed by atoms with Crippen molar-refractivity contribution in [3.05, 3.63) is 89.5 Å². The molecule has 0 heterocycles. The third kappa shape index (κ3) is 8.33. The van der Waals surface area contributed by atoms with Crippen LogP contribution in [0, 0.1) is 19.8 Å². The summed E-state index contributed by atoms with van der Waals surface area (Å²) in [5.41, 5.74) is 2.89. The average molecular weight is 580 g/mol. The molecule has 3 rings (SSSR count). The van der Waals surface area contributed by atoms with Crippen molar-refractivity contribution < 1.29 is 22.7 Å². The van der Waals surface area contributed by atoms with E-state index >= 15 is 0 Å². The highest BCUT2D eigenvalue weighted by atomic mass is 32.2. The summed E-state index contributed by atoms with van der Waals surface area (Å²) in [5, 5.41) is 2.94. The van der Waals surface area contributed by atoms with E-state index in [9.17, 15) is 18.0 Å². The number of amides is 2. The summed E-state index contributed by atoms with van der Waals surface area (Å²) in [4.78, 5) is 29.1. The first-order valence-electron chi connectivity index (χ1n) is 13.8. The molecular weight excluding hydrogens is 538 g/mol. The van der Waals surface area contributed by atoms with Gasteiger partial charge in [0.15, 0.2) is 0 Å². The Bertz CT molecular complexity index is 1420. The molecule has 0 aromatic heterocycles. The molecule has 3 aromatic carbocycles. The van der Waals surface area contributed by atoms with Crippen LogP contribution >= 0.6 is 0 Å². The molecule has 0 radical (unpaired) electrons. The lowest BCUT2D eigenvalue weighted by Gasteiger charge is -2.33. The Morgan fingerprint density at radius 2 is 1.59 bits per heavy atom. The Labute approximate surface area is 244 Å². The van der Waals surface area contributed by atoms with Gasteiger partial charge in [-0.15, -0.1) is 0 Å². The monoisotopic (exact) mass is 579 g/mol. The first-order chi connectivity index (χ1) is 19.5. The highest BCUT2D eigenvalue weighted by Gasteiger charge is 2.33. The molecule has 220 valence electrons. The number of ether oxygens (including phenoxy) is 1. The van der Waals surface area contributed by atoms with E-state index < -0.39 is 28.5 Å². The summed E-state index contributed by atoms with van der Waals surface area (Å²) in [6.45, 7) is 9.70. The van der Waals surface area contributed by atoms with Gasteiger partial charge in [0.2, 0.25) is 11.8 Å². The van der Waals surface area contributed by atoms with E-state index in [1.54, 1.807) is 49.6 Å². The van der Waals surface area contributed by atoms with Crippen molar-refractivity contribution in [2.75, 3.05) is 24.5 Å². The standard InChI is InChI=1S/C32H41N3O5S/c1-7-30(32(37)33-20-23(2)3)34(21-26-12-11-13-28(19-26)40-6)31(36)22-35(27-17-24(4)16-25(5)18-27)41(38,39)29-14-9-8-10-15-29/h8-19,23,30H,7,20-22H2,1-6H3,(H,33,37). The minimum Gasteiger partial charge on any atom is -0.497 e. The number of aryl methyl sites for hydroxylation is 2. The molecule has 2 amide bonds. The highest BCUT2D eigenvalue weighted by Crippen LogP contribution is 2.27. The number of sulfonamides is 1. The van der Waals surface area contributed by atoms with Gasteiger partial charge in [-0.25, -0.2) is 8.42 Å². The molecule has 0 aliphatic heterocycles. The zero-order valence-corrected chi connectivity index (χ0v) is 25.6. The molecular formula is C32H41N3O5S. The molecule has 1 unspecified atom stereocenters. The highest BCUT2D eigenvalue weighted by molar-refractivity contribution is 7.92. The summed E-state index contributed by atoms with van der Waals surface area (Å²) < 4.78 is 34.4. The van der Waals surface area contributed by atoms with E-state index in [0.29, 0.717) is 24.4 Å². The lowest BCUT2D eigenvalue weighted by molar-refractivity contribution is -0.140. The van der Waals surface area contributed by atoms with Crippen LogP contribution in [0.3, 0.4) is 0 Å². The molecule has 8 nitrogen and oxygen atoms in total. The quantitative estimate of drug-likeness (QED) is 0.305. The van der Waals surface area contributed by atoms with Crippen LogP contribution in [0.4, 0.5) is 5.69 Å². The number of carbonyl (C=O) groups is 2. The van der Waals surface area contributed by atoms with Gasteiger partial charge >= 0.3 is 0 Å². The largest absolute Gasteiger partial charge is 0.497 e. The Kier molecular flexibility index (Phi) is 10.9. The van der Waals surface area contributed by atoms with Gasteiger partial charge < -0.3 is 15.0 Å². The van der Waals surface area contributed by atoms with Gasteiger partial charge in [-0.3, -0.25) is 13.9 Å². The number of carbonyl (C=O) groups excluding carboxylic acids is 2. The number of hydrogen-bond acceptors (Lipinski definition) is 5. The first kappa shape index (κ1) is 31.7. The van der Waals surface area contributed by atoms with Crippen molar-refractivity contribution in [3.63, 3.8) is 0 Å². The van der Waals surface area contributed by atoms with E-state index in [1.165, 1.54) is 17.0 Å². The number of nitrogens with zero attached hydrogens (tertiary/aromatic N) is 2. The summed E-state index contributed by atoms with van der Waals surface area (Å²) in [6.07, 6.45) is 0.356. The van der Waals surface area contributed by atoms with E-state index in [0.717, 1.165) is 21.0 Å². The van der Waals surface area contributed by atoms with Gasteiger partial charge in [0.05, 0.1) is 17.7 Å². The lowest BCUT2D eigenvalue weighted by atomic mass is 10.1. The van der Waals surface area contributed by atoms with Gasteiger partial charge in [0.25, 0.3) is 10.0 Å². The molecule has 0 aliphatic carbocycles. The van der Waals surface area contributed by atoms with Crippen LogP contribution in [0.15, 0.2) is 77.7 Å². The number of benzene rings is 3. The molecule has 9 heteroatoms. The molecule has 0 fully saturated rings. The average Bonchev–Trinajstić information content (AvgIpc) is 2.94. The van der Waals surface area contributed by atoms with E-state index in [4.69, 9.17) is 4.74 Å². The fourth-order valence-corrected chi connectivity index (χ4v) is 6.07. The van der Waals surface area contributed by atoms with Crippen molar-refractivity contribution in [3.8, 4) is 5.75 Å². The van der Waals surface area contributed by atoms with Gasteiger partial charge in [0.1, 0.15) is 18.3 Å². The van der Waals surface area contributed by atoms with Crippen LogP contribution in [0.2, 0.25) is 0 Å². The van der Waals surface area contributed by atoms with Gasteiger partial charge in [-0.1, -0.05) is 57.2 Å². The van der Waals surface area contributed by atoms with Gasteiger partial charge in [-0.05, 0) is 79.3 Å². The maximum atomic E-state index is 14.2. The second kappa shape index (κ2) is 14.2. The predicted octanol–water partition coefficient (Wildman–Crippen LogP) is 5.09. The molecule has 0 saturated carbocycles. The molecule has 0 aliphatic rings. The van der Waals surface area contributed by atoms with Crippen LogP contribution < -0.4 is 14.4 Å². The van der Waals surface area contributed by atoms with Crippen LogP contribution in [0.1, 0.15) is 43.9 Å². The van der Waals surface area contributed by atoms with Gasteiger partial charge in [0, 0.05) is 13.1 Å². The fourth-order valence-electron chi connectivity index (χ4n) is 4.65. The second-order valence-corrected chi connectivity index (χ2v) is 12.5. The van der Waals surface area contributed by atoms with Crippen molar-refractivity contribution in [1.29, 1.82) is 0 Å². The van der Waals surface area contributed by atoms with Crippen molar-refractivity contribution in [2.45, 2.75) is 58.5 Å². The second-order valence-electron chi connectivity index (χ2n) is 10.6. The van der Waals surface area contributed by atoms with E-state index in [1.807, 2.05) is 52.8 Å². The Balaban J connectivity index is 2.08. The maximum Gasteiger partial charge on any atom is 0.264 e. The predicted molar refractivity (Wildman–Crippen MR) is 162 cm³/mol. The molecule has 3 aromatic rings. The molecule has 0 bridgehead atoms. The molecule has 1 N–H and O–H groups in total. The Morgan fingerprint density at radius 3 is 2.17 bits per heavy atom. The number of anilines is 1. The molecule has 0 spiro atoms. The van der Waals surface area contributed by atoms with E-state index in [2.05, 4.69) is 5.32 Å². The molecule has 41 heavy (non-hydrogen) atoms. The van der Waals surface area contributed by atoms with Crippen LogP contribution in [0.5, 0.6) is 5.75 Å². The topological polar surface area (TPSA) is 96.0 Å². The number of rotatable bonds is 13. The first-order valence-corrected chi connectivity index (χ1v) is 15.3. The Morgan fingerprint density at radius 1 is 0.927 bits per heavy atom. The van der Waals surface area contributed by atoms with E-state index in [-0.39, 0.29) is 23.3 Å². The van der Waals surface area contributed by atoms with Crippen molar-refractivity contribution >= 4 is 27.5 Å². The third-order valence-electron chi connectivity index (χ3n) is 6.66. The zero-order valence-electron chi connectivity index (χ0n) is 24.8. The number of hydrogen-bond donors (Lipinski definition) is 1. The zero-order chi connectivity index (χ0) is 30.2. The van der Waals surface area contributed by atoms with Crippen molar-refractivity contribution in [1.82, 2.24) is 10.2 Å². The smallest absolute Gasteiger partial charge is 0.264 e. The normalized spacial score (nSPS) is 12.1. The number of nitrogens with one attached hydrogen (secondary N) is 1. The summed E-state index contributed by atoms with van der Waals surface area (Å²) >= 11 is 0. The summed E-state index contributed by atoms with van der Waals surface area (Å²) in [5.74, 6) is 0.0881. The summed E-state index contributed by atoms with van der Waals surface area (Å²) in [6, 6.07) is 20.0. The van der Waals surface area contributed by atoms with Crippen LogP contribution in [-0.2, 0) is 26.2 Å². The third-order valence-corrected chi connectivity index (χ3v) is 8.45. The number of methoxy groups -OCH3 is 1. The lowest BCUT2D eigenvalue weighted by Crippen LogP contribution is -2.52. The van der Waals surface area contributed by atoms with Crippen LogP contribution in [-0.4, -0.2) is 51.4 Å². The SMILES string of the molecule is CCC(C(=O)NCC(C)C)N(Cc1cccc(OC)c1)C(=O)CN(c1cc(C)cc(C)c1)S(=O)(=O)c1ccccc1. The minimum absolute atomic E-state index is 0.0769. The minimum atomic E-state index is -4.11. The molecule has 0 saturated heterocycles. The van der Waals surface area contributed by atoms with Gasteiger partial charge in [-0.2, -0.15) is 0 Å². The fraction of sp³-hybridized carbons (Fsp3) is 0.375.